The van der Waals surface area contributed by atoms with Crippen molar-refractivity contribution in [2.75, 3.05) is 13.2 Å². The van der Waals surface area contributed by atoms with Crippen molar-refractivity contribution < 1.29 is 17.9 Å². The van der Waals surface area contributed by atoms with E-state index in [-0.39, 0.29) is 29.5 Å². The van der Waals surface area contributed by atoms with Crippen LogP contribution in [-0.4, -0.2) is 52.3 Å². The highest BCUT2D eigenvalue weighted by Crippen LogP contribution is 2.29. The van der Waals surface area contributed by atoms with Crippen LogP contribution in [0.5, 0.6) is 0 Å². The van der Waals surface area contributed by atoms with Crippen molar-refractivity contribution in [2.24, 2.45) is 5.92 Å². The standard InChI is InChI=1S/C25H34N6O4S/c1-25(2,3)24-29-21-12-18(4-7-22(21)30(24)15-17-8-10-35-11-9-17)13-27-36(33,34)31-16-19(14-26-31)23(32)28-20-5-6-20/h4,7,12,14,16-17,20,27H,5-6,8-11,13,15H2,1-3H3,(H,28,32). The van der Waals surface area contributed by atoms with E-state index in [1.54, 1.807) is 0 Å². The van der Waals surface area contributed by atoms with Crippen LogP contribution in [0.2, 0.25) is 0 Å². The number of hydrogen-bond donors (Lipinski definition) is 2. The number of ether oxygens (including phenoxy) is 1. The van der Waals surface area contributed by atoms with Gasteiger partial charge >= 0.3 is 10.2 Å². The fourth-order valence-electron chi connectivity index (χ4n) is 4.52. The average molecular weight is 515 g/mol. The number of carbonyl (C=O) groups excluding carboxylic acids is 1. The monoisotopic (exact) mass is 514 g/mol. The lowest BCUT2D eigenvalue weighted by Gasteiger charge is -2.26. The molecule has 0 bridgehead atoms. The molecule has 11 heteroatoms. The third-order valence-corrected chi connectivity index (χ3v) is 7.91. The van der Waals surface area contributed by atoms with Crippen LogP contribution in [0.25, 0.3) is 11.0 Å². The van der Waals surface area contributed by atoms with Gasteiger partial charge in [-0.25, -0.2) is 4.98 Å². The molecule has 3 heterocycles. The first kappa shape index (κ1) is 24.9. The van der Waals surface area contributed by atoms with E-state index in [4.69, 9.17) is 9.72 Å². The number of carbonyl (C=O) groups is 1. The summed E-state index contributed by atoms with van der Waals surface area (Å²) in [4.78, 5) is 17.1. The zero-order valence-corrected chi connectivity index (χ0v) is 21.8. The second-order valence-electron chi connectivity index (χ2n) is 10.9. The largest absolute Gasteiger partial charge is 0.381 e. The first-order chi connectivity index (χ1) is 17.1. The molecule has 1 amide bonds. The average Bonchev–Trinajstić information content (AvgIpc) is 3.36. The van der Waals surface area contributed by atoms with Gasteiger partial charge < -0.3 is 14.6 Å². The van der Waals surface area contributed by atoms with Gasteiger partial charge in [0.15, 0.2) is 0 Å². The number of nitrogens with zero attached hydrogens (tertiary/aromatic N) is 4. The normalized spacial score (nSPS) is 17.5. The van der Waals surface area contributed by atoms with Gasteiger partial charge in [0.25, 0.3) is 5.91 Å². The van der Waals surface area contributed by atoms with Crippen molar-refractivity contribution in [3.8, 4) is 0 Å². The minimum atomic E-state index is -3.94. The Kier molecular flexibility index (Phi) is 6.65. The summed E-state index contributed by atoms with van der Waals surface area (Å²) < 4.78 is 36.8. The second-order valence-corrected chi connectivity index (χ2v) is 12.5. The summed E-state index contributed by atoms with van der Waals surface area (Å²) in [6, 6.07) is 6.07. The molecular formula is C25H34N6O4S. The third-order valence-electron chi connectivity index (χ3n) is 6.70. The van der Waals surface area contributed by atoms with E-state index < -0.39 is 10.2 Å². The molecule has 0 spiro atoms. The van der Waals surface area contributed by atoms with Crippen LogP contribution >= 0.6 is 0 Å². The van der Waals surface area contributed by atoms with Crippen molar-refractivity contribution in [3.05, 3.63) is 47.5 Å². The van der Waals surface area contributed by atoms with Gasteiger partial charge in [-0.3, -0.25) is 4.79 Å². The van der Waals surface area contributed by atoms with Gasteiger partial charge in [-0.05, 0) is 49.3 Å². The molecule has 10 nitrogen and oxygen atoms in total. The molecule has 1 aliphatic heterocycles. The minimum absolute atomic E-state index is 0.0828. The Morgan fingerprint density at radius 1 is 1.17 bits per heavy atom. The van der Waals surface area contributed by atoms with Crippen LogP contribution in [0.4, 0.5) is 0 Å². The highest BCUT2D eigenvalue weighted by atomic mass is 32.2. The molecule has 2 fully saturated rings. The maximum atomic E-state index is 12.8. The molecule has 194 valence electrons. The first-order valence-electron chi connectivity index (χ1n) is 12.5. The smallest absolute Gasteiger partial charge is 0.320 e. The topological polar surface area (TPSA) is 120 Å². The Morgan fingerprint density at radius 2 is 1.92 bits per heavy atom. The van der Waals surface area contributed by atoms with Gasteiger partial charge in [-0.1, -0.05) is 26.8 Å². The Balaban J connectivity index is 1.32. The van der Waals surface area contributed by atoms with Crippen LogP contribution in [0.15, 0.2) is 30.6 Å². The van der Waals surface area contributed by atoms with Crippen molar-refractivity contribution >= 4 is 27.1 Å². The van der Waals surface area contributed by atoms with E-state index in [2.05, 4.69) is 40.5 Å². The van der Waals surface area contributed by atoms with E-state index in [1.807, 2.05) is 18.2 Å². The zero-order chi connectivity index (χ0) is 25.5. The third kappa shape index (κ3) is 5.47. The van der Waals surface area contributed by atoms with Gasteiger partial charge in [0.05, 0.1) is 29.0 Å². The molecule has 1 aromatic carbocycles. The van der Waals surface area contributed by atoms with E-state index >= 15 is 0 Å². The number of hydrogen-bond acceptors (Lipinski definition) is 6. The van der Waals surface area contributed by atoms with Crippen molar-refractivity contribution in [3.63, 3.8) is 0 Å². The van der Waals surface area contributed by atoms with Crippen LogP contribution in [0.3, 0.4) is 0 Å². The summed E-state index contributed by atoms with van der Waals surface area (Å²) in [6.07, 6.45) is 6.49. The molecule has 2 N–H and O–H groups in total. The Morgan fingerprint density at radius 3 is 2.61 bits per heavy atom. The molecule has 0 radical (unpaired) electrons. The number of aromatic nitrogens is 4. The number of amides is 1. The number of rotatable bonds is 8. The molecule has 1 saturated heterocycles. The lowest BCUT2D eigenvalue weighted by molar-refractivity contribution is 0.0611. The number of benzene rings is 1. The van der Waals surface area contributed by atoms with E-state index in [9.17, 15) is 13.2 Å². The fraction of sp³-hybridized carbons (Fsp3) is 0.560. The quantitative estimate of drug-likeness (QED) is 0.477. The molecule has 3 aromatic rings. The summed E-state index contributed by atoms with van der Waals surface area (Å²) >= 11 is 0. The van der Waals surface area contributed by atoms with Gasteiger partial charge in [0.1, 0.15) is 5.82 Å². The Labute approximate surface area is 211 Å². The Hall–Kier alpha value is -2.76. The zero-order valence-electron chi connectivity index (χ0n) is 21.0. The highest BCUT2D eigenvalue weighted by molar-refractivity contribution is 7.87. The van der Waals surface area contributed by atoms with E-state index in [0.29, 0.717) is 5.92 Å². The molecule has 36 heavy (non-hydrogen) atoms. The van der Waals surface area contributed by atoms with Crippen LogP contribution < -0.4 is 10.0 Å². The van der Waals surface area contributed by atoms with Gasteiger partial charge in [-0.15, -0.1) is 0 Å². The molecule has 1 aliphatic carbocycles. The van der Waals surface area contributed by atoms with Gasteiger partial charge in [0, 0.05) is 37.8 Å². The van der Waals surface area contributed by atoms with Crippen LogP contribution in [0, 0.1) is 5.92 Å². The summed E-state index contributed by atoms with van der Waals surface area (Å²) in [5, 5.41) is 6.71. The van der Waals surface area contributed by atoms with E-state index in [0.717, 1.165) is 72.0 Å². The number of nitrogens with one attached hydrogen (secondary N) is 2. The second kappa shape index (κ2) is 9.60. The molecule has 0 unspecified atom stereocenters. The first-order valence-corrected chi connectivity index (χ1v) is 14.0. The number of fused-ring (bicyclic) bond motifs is 1. The highest BCUT2D eigenvalue weighted by Gasteiger charge is 2.27. The van der Waals surface area contributed by atoms with Gasteiger partial charge in [-0.2, -0.15) is 22.3 Å². The maximum absolute atomic E-state index is 12.8. The lowest BCUT2D eigenvalue weighted by Crippen LogP contribution is -2.30. The maximum Gasteiger partial charge on any atom is 0.320 e. The molecule has 2 aliphatic rings. The SMILES string of the molecule is CC(C)(C)c1nc2cc(CNS(=O)(=O)n3cc(C(=O)NC4CC4)cn3)ccc2n1CC1CCOCC1. The molecule has 0 atom stereocenters. The predicted octanol–water partition coefficient (Wildman–Crippen LogP) is 2.73. The Bertz CT molecular complexity index is 1360. The van der Waals surface area contributed by atoms with Gasteiger partial charge in [0.2, 0.25) is 0 Å². The van der Waals surface area contributed by atoms with E-state index in [1.165, 1.54) is 12.4 Å². The van der Waals surface area contributed by atoms with Crippen molar-refractivity contribution in [1.82, 2.24) is 28.8 Å². The lowest BCUT2D eigenvalue weighted by atomic mass is 9.94. The van der Waals surface area contributed by atoms with Crippen LogP contribution in [-0.2, 0) is 33.5 Å². The molecule has 1 saturated carbocycles. The van der Waals surface area contributed by atoms with Crippen LogP contribution in [0.1, 0.15) is 68.2 Å². The summed E-state index contributed by atoms with van der Waals surface area (Å²) in [6.45, 7) is 9.06. The molecule has 5 rings (SSSR count). The predicted molar refractivity (Wildman–Crippen MR) is 136 cm³/mol. The minimum Gasteiger partial charge on any atom is -0.381 e. The van der Waals surface area contributed by atoms with Crippen molar-refractivity contribution in [1.29, 1.82) is 0 Å². The summed E-state index contributed by atoms with van der Waals surface area (Å²) in [7, 11) is -3.94. The fourth-order valence-corrected chi connectivity index (χ4v) is 5.43. The molecular weight excluding hydrogens is 480 g/mol. The summed E-state index contributed by atoms with van der Waals surface area (Å²) in [5.41, 5.74) is 2.79. The molecule has 2 aromatic heterocycles. The number of imidazole rings is 1. The van der Waals surface area contributed by atoms with Crippen molar-refractivity contribution in [2.45, 2.75) is 71.0 Å². The summed E-state index contributed by atoms with van der Waals surface area (Å²) in [5.74, 6) is 1.26.